The molecule has 0 radical (unpaired) electrons. The Hall–Kier alpha value is -1.91. The van der Waals surface area contributed by atoms with Crippen LogP contribution in [0.2, 0.25) is 0 Å². The minimum atomic E-state index is 0. The van der Waals surface area contributed by atoms with Crippen molar-refractivity contribution in [3.05, 3.63) is 76.5 Å². The van der Waals surface area contributed by atoms with Gasteiger partial charge in [0, 0.05) is 36.9 Å². The first-order chi connectivity index (χ1) is 15.3. The first kappa shape index (κ1) is 24.7. The van der Waals surface area contributed by atoms with Crippen molar-refractivity contribution >= 4 is 41.3 Å². The van der Waals surface area contributed by atoms with Crippen LogP contribution < -0.4 is 10.6 Å². The van der Waals surface area contributed by atoms with E-state index in [-0.39, 0.29) is 24.0 Å². The van der Waals surface area contributed by atoms with Crippen LogP contribution in [0.25, 0.3) is 0 Å². The van der Waals surface area contributed by atoms with E-state index in [2.05, 4.69) is 73.8 Å². The molecule has 0 saturated carbocycles. The van der Waals surface area contributed by atoms with E-state index in [0.29, 0.717) is 12.6 Å². The van der Waals surface area contributed by atoms with Crippen LogP contribution in [0, 0.1) is 0 Å². The van der Waals surface area contributed by atoms with Crippen molar-refractivity contribution in [2.24, 2.45) is 4.99 Å². The molecule has 1 atom stereocenters. The van der Waals surface area contributed by atoms with Crippen LogP contribution in [0.4, 0.5) is 0 Å². The van der Waals surface area contributed by atoms with Gasteiger partial charge in [-0.05, 0) is 49.9 Å². The molecule has 1 saturated heterocycles. The zero-order valence-electron chi connectivity index (χ0n) is 18.6. The van der Waals surface area contributed by atoms with E-state index in [1.54, 1.807) is 0 Å². The Morgan fingerprint density at radius 1 is 1.12 bits per heavy atom. The van der Waals surface area contributed by atoms with Crippen LogP contribution in [0.5, 0.6) is 0 Å². The minimum Gasteiger partial charge on any atom is -0.357 e. The molecule has 6 nitrogen and oxygen atoms in total. The molecule has 172 valence electrons. The maximum Gasteiger partial charge on any atom is 0.191 e. The fourth-order valence-corrected chi connectivity index (χ4v) is 4.91. The highest BCUT2D eigenvalue weighted by molar-refractivity contribution is 14.0. The zero-order valence-corrected chi connectivity index (χ0v) is 21.8. The Morgan fingerprint density at radius 2 is 1.94 bits per heavy atom. The minimum absolute atomic E-state index is 0. The molecule has 2 N–H and O–H groups in total. The summed E-state index contributed by atoms with van der Waals surface area (Å²) >= 11 is 1.84. The normalized spacial score (nSPS) is 15.3. The van der Waals surface area contributed by atoms with Crippen molar-refractivity contribution in [3.63, 3.8) is 0 Å². The molecule has 1 aliphatic heterocycles. The first-order valence-electron chi connectivity index (χ1n) is 11.2. The average Bonchev–Trinajstić information content (AvgIpc) is 3.57. The van der Waals surface area contributed by atoms with Crippen LogP contribution in [-0.2, 0) is 13.1 Å². The van der Waals surface area contributed by atoms with Gasteiger partial charge in [0.2, 0.25) is 0 Å². The van der Waals surface area contributed by atoms with Gasteiger partial charge in [-0.2, -0.15) is 0 Å². The fraction of sp³-hybridized carbons (Fsp3) is 0.417. The number of hydrogen-bond donors (Lipinski definition) is 2. The topological polar surface area (TPSA) is 57.5 Å². The summed E-state index contributed by atoms with van der Waals surface area (Å²) in [4.78, 5) is 13.4. The number of imidazole rings is 1. The third-order valence-corrected chi connectivity index (χ3v) is 6.61. The predicted octanol–water partition coefficient (Wildman–Crippen LogP) is 4.50. The van der Waals surface area contributed by atoms with E-state index in [4.69, 9.17) is 4.99 Å². The number of nitrogens with one attached hydrogen (secondary N) is 2. The van der Waals surface area contributed by atoms with Gasteiger partial charge in [0.15, 0.2) is 5.96 Å². The second-order valence-electron chi connectivity index (χ2n) is 7.81. The molecule has 1 aliphatic rings. The largest absolute Gasteiger partial charge is 0.357 e. The number of guanidine groups is 1. The van der Waals surface area contributed by atoms with E-state index in [1.165, 1.54) is 36.4 Å². The molecule has 1 unspecified atom stereocenters. The van der Waals surface area contributed by atoms with Gasteiger partial charge in [-0.25, -0.2) is 9.98 Å². The molecule has 3 heterocycles. The summed E-state index contributed by atoms with van der Waals surface area (Å²) in [6.07, 6.45) is 6.47. The Kier molecular flexibility index (Phi) is 10.0. The fourth-order valence-electron chi connectivity index (χ4n) is 4.04. The number of aliphatic imine (C=N–C) groups is 1. The van der Waals surface area contributed by atoms with Crippen molar-refractivity contribution in [3.8, 4) is 0 Å². The van der Waals surface area contributed by atoms with Crippen LogP contribution in [-0.4, -0.2) is 46.6 Å². The smallest absolute Gasteiger partial charge is 0.191 e. The third kappa shape index (κ3) is 6.79. The average molecular weight is 565 g/mol. The maximum atomic E-state index is 4.83. The maximum absolute atomic E-state index is 4.83. The number of thiophene rings is 1. The van der Waals surface area contributed by atoms with Gasteiger partial charge < -0.3 is 15.2 Å². The summed E-state index contributed by atoms with van der Waals surface area (Å²) in [5.74, 6) is 1.81. The molecule has 3 aromatic rings. The second-order valence-corrected chi connectivity index (χ2v) is 8.79. The molecular formula is C24H33IN6S. The van der Waals surface area contributed by atoms with Crippen molar-refractivity contribution in [1.82, 2.24) is 25.1 Å². The standard InChI is InChI=1S/C24H32N6S.HI/c1-2-25-24(27-17-21(22-11-8-16-31-22)29-13-6-7-14-29)28-18-23-26-12-15-30(23)19-20-9-4-3-5-10-20;/h3-5,8-12,15-16,21H,2,6-7,13-14,17-19H2,1H3,(H2,25,27,28);1H. The predicted molar refractivity (Wildman–Crippen MR) is 144 cm³/mol. The van der Waals surface area contributed by atoms with Gasteiger partial charge in [0.1, 0.15) is 12.4 Å². The van der Waals surface area contributed by atoms with E-state index < -0.39 is 0 Å². The molecule has 8 heteroatoms. The molecule has 32 heavy (non-hydrogen) atoms. The monoisotopic (exact) mass is 564 g/mol. The van der Waals surface area contributed by atoms with Crippen LogP contribution >= 0.6 is 35.3 Å². The number of rotatable bonds is 9. The lowest BCUT2D eigenvalue weighted by molar-refractivity contribution is 0.249. The summed E-state index contributed by atoms with van der Waals surface area (Å²) in [5.41, 5.74) is 1.26. The lowest BCUT2D eigenvalue weighted by Gasteiger charge is -2.27. The number of benzene rings is 1. The van der Waals surface area contributed by atoms with E-state index in [1.807, 2.05) is 29.8 Å². The van der Waals surface area contributed by atoms with E-state index >= 15 is 0 Å². The van der Waals surface area contributed by atoms with Crippen molar-refractivity contribution < 1.29 is 0 Å². The van der Waals surface area contributed by atoms with Gasteiger partial charge in [0.25, 0.3) is 0 Å². The molecule has 0 amide bonds. The van der Waals surface area contributed by atoms with Gasteiger partial charge in [0.05, 0.1) is 6.04 Å². The summed E-state index contributed by atoms with van der Waals surface area (Å²) < 4.78 is 2.17. The zero-order chi connectivity index (χ0) is 21.3. The highest BCUT2D eigenvalue weighted by atomic mass is 127. The number of nitrogens with zero attached hydrogens (tertiary/aromatic N) is 4. The van der Waals surface area contributed by atoms with Crippen LogP contribution in [0.1, 0.15) is 42.1 Å². The number of hydrogen-bond acceptors (Lipinski definition) is 4. The molecular weight excluding hydrogens is 531 g/mol. The molecule has 0 aliphatic carbocycles. The molecule has 0 spiro atoms. The Bertz CT molecular complexity index is 935. The number of halogens is 1. The number of likely N-dealkylation sites (tertiary alicyclic amines) is 1. The molecule has 4 rings (SSSR count). The Morgan fingerprint density at radius 3 is 2.66 bits per heavy atom. The van der Waals surface area contributed by atoms with Crippen molar-refractivity contribution in [2.45, 2.75) is 38.9 Å². The van der Waals surface area contributed by atoms with Gasteiger partial charge in [-0.3, -0.25) is 4.90 Å². The highest BCUT2D eigenvalue weighted by Crippen LogP contribution is 2.27. The van der Waals surface area contributed by atoms with Crippen molar-refractivity contribution in [2.75, 3.05) is 26.2 Å². The van der Waals surface area contributed by atoms with Gasteiger partial charge in [-0.1, -0.05) is 36.4 Å². The quantitative estimate of drug-likeness (QED) is 0.228. The SMILES string of the molecule is CCNC(=NCc1nccn1Cc1ccccc1)NCC(c1cccs1)N1CCCC1.I. The lowest BCUT2D eigenvalue weighted by atomic mass is 10.2. The summed E-state index contributed by atoms with van der Waals surface area (Å²) in [5, 5.41) is 9.15. The van der Waals surface area contributed by atoms with E-state index in [9.17, 15) is 0 Å². The molecule has 1 fully saturated rings. The van der Waals surface area contributed by atoms with Gasteiger partial charge in [-0.15, -0.1) is 35.3 Å². The van der Waals surface area contributed by atoms with Crippen molar-refractivity contribution in [1.29, 1.82) is 0 Å². The molecule has 2 aromatic heterocycles. The van der Waals surface area contributed by atoms with Crippen LogP contribution in [0.3, 0.4) is 0 Å². The third-order valence-electron chi connectivity index (χ3n) is 5.64. The summed E-state index contributed by atoms with van der Waals surface area (Å²) in [6, 6.07) is 15.3. The number of aromatic nitrogens is 2. The summed E-state index contributed by atoms with van der Waals surface area (Å²) in [6.45, 7) is 7.49. The molecule has 0 bridgehead atoms. The molecule has 1 aromatic carbocycles. The Balaban J connectivity index is 0.00000289. The lowest BCUT2D eigenvalue weighted by Crippen LogP contribution is -2.42. The van der Waals surface area contributed by atoms with E-state index in [0.717, 1.165) is 31.4 Å². The Labute approximate surface area is 212 Å². The summed E-state index contributed by atoms with van der Waals surface area (Å²) in [7, 11) is 0. The first-order valence-corrected chi connectivity index (χ1v) is 12.0. The second kappa shape index (κ2) is 13.0. The van der Waals surface area contributed by atoms with Gasteiger partial charge >= 0.3 is 0 Å². The highest BCUT2D eigenvalue weighted by Gasteiger charge is 2.24. The van der Waals surface area contributed by atoms with Crippen LogP contribution in [0.15, 0.2) is 65.2 Å².